The Morgan fingerprint density at radius 3 is 2.26 bits per heavy atom. The Balaban J connectivity index is 2.69. The van der Waals surface area contributed by atoms with Crippen LogP contribution in [0.15, 0.2) is 36.4 Å². The van der Waals surface area contributed by atoms with Gasteiger partial charge >= 0.3 is 5.97 Å². The predicted octanol–water partition coefficient (Wildman–Crippen LogP) is 2.32. The number of aliphatic carboxylic acids is 1. The van der Waals surface area contributed by atoms with E-state index >= 15 is 0 Å². The number of benzene rings is 1. The zero-order valence-corrected chi connectivity index (χ0v) is 11.4. The highest BCUT2D eigenvalue weighted by atomic mass is 16.4. The van der Waals surface area contributed by atoms with E-state index in [4.69, 9.17) is 5.11 Å². The van der Waals surface area contributed by atoms with Crippen LogP contribution in [-0.4, -0.2) is 23.0 Å². The van der Waals surface area contributed by atoms with E-state index in [2.05, 4.69) is 5.32 Å². The van der Waals surface area contributed by atoms with Gasteiger partial charge in [0.05, 0.1) is 0 Å². The minimum absolute atomic E-state index is 0.411. The first-order chi connectivity index (χ1) is 8.80. The molecule has 1 aromatic rings. The van der Waals surface area contributed by atoms with Gasteiger partial charge in [-0.3, -0.25) is 4.79 Å². The topological polar surface area (TPSA) is 66.4 Å². The zero-order valence-electron chi connectivity index (χ0n) is 11.4. The Hall–Kier alpha value is -2.10. The molecule has 0 aromatic heterocycles. The molecule has 0 fully saturated rings. The first-order valence-electron chi connectivity index (χ1n) is 6.07. The molecule has 0 saturated carbocycles. The van der Waals surface area contributed by atoms with Crippen LogP contribution in [0.25, 0.3) is 6.08 Å². The molecule has 0 saturated heterocycles. The SMILES string of the molecule is CC(C)(C)[C@@H](NC(=O)/C=C/c1ccccc1)C(=O)O. The maximum absolute atomic E-state index is 11.7. The standard InChI is InChI=1S/C15H19NO3/c1-15(2,3)13(14(18)19)16-12(17)10-9-11-7-5-4-6-8-11/h4-10,13H,1-3H3,(H,16,17)(H,18,19)/b10-9+/t13-/m0/s1. The van der Waals surface area contributed by atoms with Gasteiger partial charge in [-0.2, -0.15) is 0 Å². The van der Waals surface area contributed by atoms with E-state index in [-0.39, 0.29) is 0 Å². The predicted molar refractivity (Wildman–Crippen MR) is 74.5 cm³/mol. The fraction of sp³-hybridized carbons (Fsp3) is 0.333. The van der Waals surface area contributed by atoms with Crippen LogP contribution in [0.4, 0.5) is 0 Å². The van der Waals surface area contributed by atoms with Crippen molar-refractivity contribution in [3.05, 3.63) is 42.0 Å². The average Bonchev–Trinajstić information content (AvgIpc) is 2.33. The summed E-state index contributed by atoms with van der Waals surface area (Å²) in [5.41, 5.74) is 0.350. The number of carboxylic acids is 1. The summed E-state index contributed by atoms with van der Waals surface area (Å²) in [6.07, 6.45) is 2.99. The molecule has 1 aromatic carbocycles. The smallest absolute Gasteiger partial charge is 0.326 e. The zero-order chi connectivity index (χ0) is 14.5. The van der Waals surface area contributed by atoms with Gasteiger partial charge < -0.3 is 10.4 Å². The van der Waals surface area contributed by atoms with Crippen molar-refractivity contribution >= 4 is 18.0 Å². The Kier molecular flexibility index (Phi) is 4.87. The number of carbonyl (C=O) groups excluding carboxylic acids is 1. The third-order valence-electron chi connectivity index (χ3n) is 2.63. The summed E-state index contributed by atoms with van der Waals surface area (Å²) in [5.74, 6) is -1.44. The quantitative estimate of drug-likeness (QED) is 0.817. The summed E-state index contributed by atoms with van der Waals surface area (Å²) in [5, 5.41) is 11.6. The maximum Gasteiger partial charge on any atom is 0.326 e. The first-order valence-corrected chi connectivity index (χ1v) is 6.07. The van der Waals surface area contributed by atoms with Gasteiger partial charge in [-0.1, -0.05) is 51.1 Å². The minimum Gasteiger partial charge on any atom is -0.480 e. The molecule has 4 heteroatoms. The van der Waals surface area contributed by atoms with E-state index in [0.29, 0.717) is 0 Å². The minimum atomic E-state index is -1.03. The lowest BCUT2D eigenvalue weighted by Crippen LogP contribution is -2.48. The van der Waals surface area contributed by atoms with E-state index in [0.717, 1.165) is 5.56 Å². The molecule has 0 aliphatic heterocycles. The van der Waals surface area contributed by atoms with E-state index in [9.17, 15) is 9.59 Å². The molecule has 0 aliphatic carbocycles. The van der Waals surface area contributed by atoms with Crippen molar-refractivity contribution in [1.29, 1.82) is 0 Å². The molecular weight excluding hydrogens is 242 g/mol. The van der Waals surface area contributed by atoms with Gasteiger partial charge in [0.15, 0.2) is 0 Å². The van der Waals surface area contributed by atoms with Crippen LogP contribution in [0.5, 0.6) is 0 Å². The molecule has 1 rings (SSSR count). The molecule has 1 amide bonds. The molecule has 102 valence electrons. The maximum atomic E-state index is 11.7. The Morgan fingerprint density at radius 1 is 1.21 bits per heavy atom. The highest BCUT2D eigenvalue weighted by Gasteiger charge is 2.31. The molecule has 1 atom stereocenters. The average molecular weight is 261 g/mol. The molecule has 0 unspecified atom stereocenters. The monoisotopic (exact) mass is 261 g/mol. The number of hydrogen-bond donors (Lipinski definition) is 2. The molecule has 2 N–H and O–H groups in total. The third-order valence-corrected chi connectivity index (χ3v) is 2.63. The second-order valence-corrected chi connectivity index (χ2v) is 5.39. The van der Waals surface area contributed by atoms with Crippen LogP contribution in [0.3, 0.4) is 0 Å². The van der Waals surface area contributed by atoms with E-state index in [1.165, 1.54) is 6.08 Å². The highest BCUT2D eigenvalue weighted by Crippen LogP contribution is 2.19. The number of hydrogen-bond acceptors (Lipinski definition) is 2. The molecule has 0 aliphatic rings. The number of carbonyl (C=O) groups is 2. The highest BCUT2D eigenvalue weighted by molar-refractivity contribution is 5.94. The van der Waals surface area contributed by atoms with Crippen molar-refractivity contribution < 1.29 is 14.7 Å². The fourth-order valence-corrected chi connectivity index (χ4v) is 1.58. The van der Waals surface area contributed by atoms with Crippen LogP contribution < -0.4 is 5.32 Å². The summed E-state index contributed by atoms with van der Waals surface area (Å²) in [4.78, 5) is 22.8. The van der Waals surface area contributed by atoms with Gasteiger partial charge in [0, 0.05) is 6.08 Å². The lowest BCUT2D eigenvalue weighted by atomic mass is 9.87. The lowest BCUT2D eigenvalue weighted by Gasteiger charge is -2.27. The molecule has 0 spiro atoms. The van der Waals surface area contributed by atoms with Crippen molar-refractivity contribution in [2.75, 3.05) is 0 Å². The van der Waals surface area contributed by atoms with Crippen LogP contribution in [0.2, 0.25) is 0 Å². The number of nitrogens with one attached hydrogen (secondary N) is 1. The number of carboxylic acid groups (broad SMARTS) is 1. The Labute approximate surface area is 113 Å². The van der Waals surface area contributed by atoms with Crippen LogP contribution in [0.1, 0.15) is 26.3 Å². The lowest BCUT2D eigenvalue weighted by molar-refractivity contribution is -0.144. The van der Waals surface area contributed by atoms with Crippen molar-refractivity contribution in [2.24, 2.45) is 5.41 Å². The van der Waals surface area contributed by atoms with Gasteiger partial charge in [0.25, 0.3) is 0 Å². The second kappa shape index (κ2) is 6.18. The van der Waals surface area contributed by atoms with Crippen LogP contribution in [0, 0.1) is 5.41 Å². The van der Waals surface area contributed by atoms with Crippen molar-refractivity contribution in [2.45, 2.75) is 26.8 Å². The summed E-state index contributed by atoms with van der Waals surface area (Å²) >= 11 is 0. The van der Waals surface area contributed by atoms with E-state index in [1.54, 1.807) is 26.8 Å². The Bertz CT molecular complexity index is 472. The van der Waals surface area contributed by atoms with Crippen LogP contribution in [-0.2, 0) is 9.59 Å². The van der Waals surface area contributed by atoms with Gasteiger partial charge in [0.2, 0.25) is 5.91 Å². The molecule has 0 radical (unpaired) electrons. The van der Waals surface area contributed by atoms with E-state index in [1.807, 2.05) is 30.3 Å². The van der Waals surface area contributed by atoms with Gasteiger partial charge in [-0.15, -0.1) is 0 Å². The largest absolute Gasteiger partial charge is 0.480 e. The summed E-state index contributed by atoms with van der Waals surface area (Å²) in [6, 6.07) is 8.43. The Morgan fingerprint density at radius 2 is 1.79 bits per heavy atom. The third kappa shape index (κ3) is 4.95. The molecule has 0 bridgehead atoms. The second-order valence-electron chi connectivity index (χ2n) is 5.39. The molecule has 0 heterocycles. The summed E-state index contributed by atoms with van der Waals surface area (Å²) < 4.78 is 0. The van der Waals surface area contributed by atoms with E-state index < -0.39 is 23.3 Å². The van der Waals surface area contributed by atoms with Gasteiger partial charge in [0.1, 0.15) is 6.04 Å². The first kappa shape index (κ1) is 15.0. The fourth-order valence-electron chi connectivity index (χ4n) is 1.58. The summed E-state index contributed by atoms with van der Waals surface area (Å²) in [6.45, 7) is 5.31. The number of amides is 1. The molecule has 19 heavy (non-hydrogen) atoms. The van der Waals surface area contributed by atoms with Crippen molar-refractivity contribution in [1.82, 2.24) is 5.32 Å². The van der Waals surface area contributed by atoms with Gasteiger partial charge in [-0.05, 0) is 17.1 Å². The van der Waals surface area contributed by atoms with Crippen molar-refractivity contribution in [3.8, 4) is 0 Å². The normalized spacial score (nSPS) is 13.2. The molecular formula is C15H19NO3. The van der Waals surface area contributed by atoms with Gasteiger partial charge in [-0.25, -0.2) is 4.79 Å². The number of rotatable bonds is 4. The van der Waals surface area contributed by atoms with Crippen LogP contribution >= 0.6 is 0 Å². The summed E-state index contributed by atoms with van der Waals surface area (Å²) in [7, 11) is 0. The van der Waals surface area contributed by atoms with Crippen molar-refractivity contribution in [3.63, 3.8) is 0 Å². The molecule has 4 nitrogen and oxygen atoms in total.